The molecule has 4 rings (SSSR count). The summed E-state index contributed by atoms with van der Waals surface area (Å²) in [6, 6.07) is 6.85. The highest BCUT2D eigenvalue weighted by Crippen LogP contribution is 2.26. The first kappa shape index (κ1) is 23.8. The van der Waals surface area contributed by atoms with Crippen LogP contribution in [0.4, 0.5) is 8.78 Å². The number of halogens is 2. The summed E-state index contributed by atoms with van der Waals surface area (Å²) in [6.45, 7) is -0.134. The van der Waals surface area contributed by atoms with Gasteiger partial charge in [0.2, 0.25) is 0 Å². The third kappa shape index (κ3) is 4.64. The van der Waals surface area contributed by atoms with Crippen LogP contribution in [0, 0.1) is 0 Å². The van der Waals surface area contributed by atoms with E-state index < -0.39 is 24.4 Å². The molecule has 1 amide bonds. The minimum Gasteiger partial charge on any atom is -0.507 e. The van der Waals surface area contributed by atoms with E-state index in [1.54, 1.807) is 43.6 Å². The third-order valence-electron chi connectivity index (χ3n) is 5.59. The molecule has 34 heavy (non-hydrogen) atoms. The molecule has 0 aliphatic heterocycles. The average Bonchev–Trinajstić information content (AvgIpc) is 3.38. The van der Waals surface area contributed by atoms with Crippen molar-refractivity contribution in [1.82, 2.24) is 14.3 Å². The van der Waals surface area contributed by atoms with Crippen molar-refractivity contribution in [3.8, 4) is 11.3 Å². The number of rotatable bonds is 7. The SMILES string of the molecule is COC1CC(/C=c2\sc3nc(-c4ccc(C(=O)N(C)CCCF)cc4)cn3c2=O)=CC(F)=C1O. The summed E-state index contributed by atoms with van der Waals surface area (Å²) in [5.74, 6) is -1.43. The number of hydrogen-bond donors (Lipinski definition) is 1. The molecular weight excluding hydrogens is 464 g/mol. The van der Waals surface area contributed by atoms with Crippen molar-refractivity contribution in [2.24, 2.45) is 0 Å². The lowest BCUT2D eigenvalue weighted by molar-refractivity contribution is 0.0791. The van der Waals surface area contributed by atoms with Gasteiger partial charge >= 0.3 is 0 Å². The summed E-state index contributed by atoms with van der Waals surface area (Å²) in [6.07, 6.45) is 4.14. The zero-order valence-electron chi connectivity index (χ0n) is 18.6. The van der Waals surface area contributed by atoms with E-state index in [1.807, 2.05) is 0 Å². The first-order valence-corrected chi connectivity index (χ1v) is 11.4. The number of aromatic nitrogens is 2. The highest BCUT2D eigenvalue weighted by atomic mass is 32.1. The number of alkyl halides is 1. The second kappa shape index (κ2) is 9.86. The van der Waals surface area contributed by atoms with Crippen molar-refractivity contribution in [3.05, 3.63) is 74.1 Å². The number of aliphatic hydroxyl groups excluding tert-OH is 1. The molecule has 2 heterocycles. The number of allylic oxidation sites excluding steroid dienone is 2. The fraction of sp³-hybridized carbons (Fsp3) is 0.292. The molecule has 178 valence electrons. The molecule has 0 saturated carbocycles. The fourth-order valence-corrected chi connectivity index (χ4v) is 4.67. The van der Waals surface area contributed by atoms with E-state index in [0.717, 1.165) is 5.56 Å². The van der Waals surface area contributed by atoms with E-state index in [2.05, 4.69) is 4.98 Å². The summed E-state index contributed by atoms with van der Waals surface area (Å²) in [4.78, 5) is 31.7. The molecule has 2 aromatic heterocycles. The second-order valence-corrected chi connectivity index (χ2v) is 8.93. The van der Waals surface area contributed by atoms with Gasteiger partial charge in [-0.2, -0.15) is 0 Å². The molecule has 0 spiro atoms. The van der Waals surface area contributed by atoms with Gasteiger partial charge in [0.1, 0.15) is 6.10 Å². The Morgan fingerprint density at radius 3 is 2.76 bits per heavy atom. The number of carbonyl (C=O) groups excluding carboxylic acids is 1. The van der Waals surface area contributed by atoms with E-state index in [4.69, 9.17) is 4.74 Å². The summed E-state index contributed by atoms with van der Waals surface area (Å²) in [5.41, 5.74) is 2.05. The maximum atomic E-state index is 14.0. The van der Waals surface area contributed by atoms with Gasteiger partial charge in [-0.05, 0) is 36.3 Å². The summed E-state index contributed by atoms with van der Waals surface area (Å²) in [7, 11) is 3.01. The van der Waals surface area contributed by atoms with Crippen LogP contribution in [0.5, 0.6) is 0 Å². The van der Waals surface area contributed by atoms with Gasteiger partial charge in [-0.15, -0.1) is 0 Å². The topological polar surface area (TPSA) is 84.1 Å². The third-order valence-corrected chi connectivity index (χ3v) is 6.57. The highest BCUT2D eigenvalue weighted by molar-refractivity contribution is 7.15. The molecule has 0 radical (unpaired) electrons. The van der Waals surface area contributed by atoms with Gasteiger partial charge in [0.25, 0.3) is 11.5 Å². The number of methoxy groups -OCH3 is 1. The van der Waals surface area contributed by atoms with Crippen LogP contribution >= 0.6 is 11.3 Å². The van der Waals surface area contributed by atoms with Crippen molar-refractivity contribution in [2.75, 3.05) is 27.4 Å². The number of ether oxygens (including phenoxy) is 1. The lowest BCUT2D eigenvalue weighted by atomic mass is 10.00. The molecule has 0 bridgehead atoms. The monoisotopic (exact) mass is 487 g/mol. The van der Waals surface area contributed by atoms with Crippen LogP contribution in [0.2, 0.25) is 0 Å². The predicted molar refractivity (Wildman–Crippen MR) is 126 cm³/mol. The first-order chi connectivity index (χ1) is 16.3. The summed E-state index contributed by atoms with van der Waals surface area (Å²) >= 11 is 1.17. The van der Waals surface area contributed by atoms with Crippen LogP contribution in [0.25, 0.3) is 22.3 Å². The predicted octanol–water partition coefficient (Wildman–Crippen LogP) is 3.44. The van der Waals surface area contributed by atoms with Gasteiger partial charge in [0, 0.05) is 44.4 Å². The number of imidazole rings is 1. The van der Waals surface area contributed by atoms with Gasteiger partial charge < -0.3 is 14.7 Å². The summed E-state index contributed by atoms with van der Waals surface area (Å²) < 4.78 is 33.2. The molecule has 0 fully saturated rings. The maximum Gasteiger partial charge on any atom is 0.274 e. The number of nitrogens with zero attached hydrogens (tertiary/aromatic N) is 3. The Hall–Kier alpha value is -3.37. The molecule has 1 aliphatic rings. The first-order valence-electron chi connectivity index (χ1n) is 10.6. The molecule has 0 saturated heterocycles. The quantitative estimate of drug-likeness (QED) is 0.552. The minimum absolute atomic E-state index is 0.194. The smallest absolute Gasteiger partial charge is 0.274 e. The Balaban J connectivity index is 1.58. The highest BCUT2D eigenvalue weighted by Gasteiger charge is 2.23. The largest absolute Gasteiger partial charge is 0.507 e. The molecule has 1 atom stereocenters. The van der Waals surface area contributed by atoms with Gasteiger partial charge in [0.05, 0.1) is 16.9 Å². The van der Waals surface area contributed by atoms with Gasteiger partial charge in [0.15, 0.2) is 16.5 Å². The van der Waals surface area contributed by atoms with Gasteiger partial charge in [-0.3, -0.25) is 18.4 Å². The van der Waals surface area contributed by atoms with Crippen LogP contribution in [0.1, 0.15) is 23.2 Å². The molecule has 1 aliphatic carbocycles. The van der Waals surface area contributed by atoms with Crippen molar-refractivity contribution in [2.45, 2.75) is 18.9 Å². The van der Waals surface area contributed by atoms with Gasteiger partial charge in [-0.25, -0.2) is 9.37 Å². The number of fused-ring (bicyclic) bond motifs is 1. The lowest BCUT2D eigenvalue weighted by Gasteiger charge is -2.19. The average molecular weight is 488 g/mol. The molecule has 1 unspecified atom stereocenters. The van der Waals surface area contributed by atoms with Crippen LogP contribution < -0.4 is 10.1 Å². The fourth-order valence-electron chi connectivity index (χ4n) is 3.70. The van der Waals surface area contributed by atoms with Crippen LogP contribution in [0.3, 0.4) is 0 Å². The molecule has 10 heteroatoms. The van der Waals surface area contributed by atoms with Crippen LogP contribution in [-0.4, -0.2) is 58.8 Å². The number of amides is 1. The Labute approximate surface area is 197 Å². The van der Waals surface area contributed by atoms with Crippen molar-refractivity contribution < 1.29 is 23.4 Å². The number of benzene rings is 1. The number of carbonyl (C=O) groups is 1. The maximum absolute atomic E-state index is 14.0. The van der Waals surface area contributed by atoms with Crippen LogP contribution in [-0.2, 0) is 4.74 Å². The van der Waals surface area contributed by atoms with E-state index in [9.17, 15) is 23.5 Å². The Kier molecular flexibility index (Phi) is 6.90. The van der Waals surface area contributed by atoms with Crippen molar-refractivity contribution in [1.29, 1.82) is 0 Å². The normalized spacial score (nSPS) is 16.9. The summed E-state index contributed by atoms with van der Waals surface area (Å²) in [5, 5.41) is 9.72. The number of hydrogen-bond acceptors (Lipinski definition) is 6. The second-order valence-electron chi connectivity index (χ2n) is 7.92. The zero-order chi connectivity index (χ0) is 24.4. The molecule has 3 aromatic rings. The zero-order valence-corrected chi connectivity index (χ0v) is 19.4. The van der Waals surface area contributed by atoms with E-state index >= 15 is 0 Å². The molecular formula is C24H23F2N3O4S. The van der Waals surface area contributed by atoms with E-state index in [1.165, 1.54) is 33.8 Å². The standard InChI is InChI=1S/C24H23F2N3O4S/c1-28(9-3-8-25)22(31)16-6-4-15(5-7-16)18-13-29-23(32)20(34-24(29)27-18)12-14-10-17(26)21(30)19(11-14)33-2/h4-7,10,12-13,19,30H,3,8-9,11H2,1-2H3/b20-12-. The lowest BCUT2D eigenvalue weighted by Crippen LogP contribution is -2.27. The molecule has 7 nitrogen and oxygen atoms in total. The number of thiazole rings is 1. The molecule has 1 aromatic carbocycles. The van der Waals surface area contributed by atoms with Crippen LogP contribution in [0.15, 0.2) is 58.5 Å². The van der Waals surface area contributed by atoms with E-state index in [0.29, 0.717) is 39.3 Å². The van der Waals surface area contributed by atoms with Crippen molar-refractivity contribution in [3.63, 3.8) is 0 Å². The minimum atomic E-state index is -0.791. The Bertz CT molecular complexity index is 1390. The Morgan fingerprint density at radius 2 is 2.12 bits per heavy atom. The molecule has 1 N–H and O–H groups in total. The van der Waals surface area contributed by atoms with Crippen molar-refractivity contribution >= 4 is 28.3 Å². The van der Waals surface area contributed by atoms with Gasteiger partial charge in [-0.1, -0.05) is 23.5 Å². The number of aliphatic hydroxyl groups is 1. The van der Waals surface area contributed by atoms with E-state index in [-0.39, 0.29) is 17.9 Å². The Morgan fingerprint density at radius 1 is 1.38 bits per heavy atom.